The number of carboxylic acids is 1. The molecule has 0 saturated heterocycles. The molecule has 0 aliphatic rings. The molecule has 1 aromatic carbocycles. The van der Waals surface area contributed by atoms with Crippen LogP contribution in [-0.4, -0.2) is 44.1 Å². The maximum absolute atomic E-state index is 11.2. The largest absolute Gasteiger partial charge is 0.508 e. The van der Waals surface area contributed by atoms with Gasteiger partial charge in [-0.15, -0.1) is 0 Å². The standard InChI is InChI=1S/C13H19NO5S/c1-8(10-7-9(15)3-4-11(10)16)14-13(19,12(17)18)5-6-20-2/h3-4,7-8,14-16,19H,5-6H2,1-2H3,(H,17,18). The van der Waals surface area contributed by atoms with E-state index in [2.05, 4.69) is 5.32 Å². The summed E-state index contributed by atoms with van der Waals surface area (Å²) >= 11 is 1.42. The molecule has 1 aromatic rings. The van der Waals surface area contributed by atoms with E-state index in [1.165, 1.54) is 30.0 Å². The minimum atomic E-state index is -2.08. The van der Waals surface area contributed by atoms with Gasteiger partial charge in [-0.3, -0.25) is 5.32 Å². The molecule has 1 rings (SSSR count). The van der Waals surface area contributed by atoms with Gasteiger partial charge >= 0.3 is 5.97 Å². The van der Waals surface area contributed by atoms with Crippen LogP contribution in [0.1, 0.15) is 24.9 Å². The van der Waals surface area contributed by atoms with Gasteiger partial charge in [-0.05, 0) is 37.1 Å². The first-order chi connectivity index (χ1) is 9.30. The molecular formula is C13H19NO5S. The van der Waals surface area contributed by atoms with E-state index in [1.807, 2.05) is 6.26 Å². The minimum Gasteiger partial charge on any atom is -0.508 e. The highest BCUT2D eigenvalue weighted by molar-refractivity contribution is 7.98. The van der Waals surface area contributed by atoms with Crippen molar-refractivity contribution < 1.29 is 25.2 Å². The van der Waals surface area contributed by atoms with Crippen molar-refractivity contribution >= 4 is 17.7 Å². The number of nitrogens with one attached hydrogen (secondary N) is 1. The van der Waals surface area contributed by atoms with Crippen molar-refractivity contribution in [3.8, 4) is 11.5 Å². The molecule has 6 nitrogen and oxygen atoms in total. The van der Waals surface area contributed by atoms with Gasteiger partial charge in [0.25, 0.3) is 0 Å². The van der Waals surface area contributed by atoms with Gasteiger partial charge in [0.15, 0.2) is 0 Å². The number of aliphatic carboxylic acids is 1. The molecule has 5 N–H and O–H groups in total. The Hall–Kier alpha value is -1.44. The molecule has 0 aliphatic heterocycles. The lowest BCUT2D eigenvalue weighted by atomic mass is 10.0. The maximum atomic E-state index is 11.2. The number of phenols is 2. The first-order valence-corrected chi connectivity index (χ1v) is 7.44. The number of phenolic OH excluding ortho intramolecular Hbond substituents is 2. The first-order valence-electron chi connectivity index (χ1n) is 6.04. The van der Waals surface area contributed by atoms with E-state index in [-0.39, 0.29) is 17.9 Å². The van der Waals surface area contributed by atoms with Crippen LogP contribution in [0.5, 0.6) is 11.5 Å². The lowest BCUT2D eigenvalue weighted by molar-refractivity contribution is -0.163. The van der Waals surface area contributed by atoms with Gasteiger partial charge in [-0.25, -0.2) is 4.79 Å². The molecule has 0 amide bonds. The minimum absolute atomic E-state index is 0.0212. The number of thioether (sulfide) groups is 1. The van der Waals surface area contributed by atoms with Crippen LogP contribution in [0.3, 0.4) is 0 Å². The van der Waals surface area contributed by atoms with Gasteiger partial charge in [0.2, 0.25) is 5.72 Å². The van der Waals surface area contributed by atoms with Gasteiger partial charge in [-0.2, -0.15) is 11.8 Å². The van der Waals surface area contributed by atoms with Crippen LogP contribution < -0.4 is 5.32 Å². The number of carbonyl (C=O) groups is 1. The van der Waals surface area contributed by atoms with Crippen LogP contribution in [-0.2, 0) is 4.79 Å². The summed E-state index contributed by atoms with van der Waals surface area (Å²) < 4.78 is 0. The zero-order valence-electron chi connectivity index (χ0n) is 11.3. The van der Waals surface area contributed by atoms with Gasteiger partial charge in [0.05, 0.1) is 0 Å². The Morgan fingerprint density at radius 1 is 1.45 bits per heavy atom. The smallest absolute Gasteiger partial charge is 0.351 e. The van der Waals surface area contributed by atoms with Crippen LogP contribution >= 0.6 is 11.8 Å². The van der Waals surface area contributed by atoms with Crippen molar-refractivity contribution in [2.75, 3.05) is 12.0 Å². The van der Waals surface area contributed by atoms with E-state index >= 15 is 0 Å². The molecule has 0 spiro atoms. The van der Waals surface area contributed by atoms with E-state index in [9.17, 15) is 20.1 Å². The lowest BCUT2D eigenvalue weighted by Gasteiger charge is -2.29. The molecule has 112 valence electrons. The van der Waals surface area contributed by atoms with Crippen molar-refractivity contribution in [1.82, 2.24) is 5.32 Å². The highest BCUT2D eigenvalue weighted by Gasteiger charge is 2.37. The molecule has 0 fully saturated rings. The average molecular weight is 301 g/mol. The number of aliphatic hydroxyl groups is 1. The fourth-order valence-corrected chi connectivity index (χ4v) is 2.31. The average Bonchev–Trinajstić information content (AvgIpc) is 2.38. The Kier molecular flexibility index (Phi) is 5.67. The van der Waals surface area contributed by atoms with Gasteiger partial charge in [0.1, 0.15) is 11.5 Å². The van der Waals surface area contributed by atoms with Crippen LogP contribution in [0.2, 0.25) is 0 Å². The van der Waals surface area contributed by atoms with Crippen LogP contribution in [0.4, 0.5) is 0 Å². The second-order valence-corrected chi connectivity index (χ2v) is 5.50. The first kappa shape index (κ1) is 16.6. The summed E-state index contributed by atoms with van der Waals surface area (Å²) in [5.74, 6) is -1.04. The number of aromatic hydroxyl groups is 2. The monoisotopic (exact) mass is 301 g/mol. The summed E-state index contributed by atoms with van der Waals surface area (Å²) in [5, 5.41) is 41.0. The summed E-state index contributed by atoms with van der Waals surface area (Å²) in [6.07, 6.45) is 1.83. The number of carboxylic acid groups (broad SMARTS) is 1. The second-order valence-electron chi connectivity index (χ2n) is 4.52. The molecule has 7 heteroatoms. The third-order valence-corrected chi connectivity index (χ3v) is 3.57. The zero-order chi connectivity index (χ0) is 15.3. The van der Waals surface area contributed by atoms with Gasteiger partial charge in [0, 0.05) is 18.0 Å². The number of benzene rings is 1. The number of hydrogen-bond donors (Lipinski definition) is 5. The van der Waals surface area contributed by atoms with Crippen LogP contribution in [0.25, 0.3) is 0 Å². The SMILES string of the molecule is CSCCC(O)(NC(C)c1cc(O)ccc1O)C(=O)O. The zero-order valence-corrected chi connectivity index (χ0v) is 12.1. The Bertz CT molecular complexity index is 482. The molecule has 0 saturated carbocycles. The Morgan fingerprint density at radius 3 is 2.65 bits per heavy atom. The molecule has 20 heavy (non-hydrogen) atoms. The van der Waals surface area contributed by atoms with Gasteiger partial charge in [-0.1, -0.05) is 0 Å². The van der Waals surface area contributed by atoms with Gasteiger partial charge < -0.3 is 20.4 Å². The van der Waals surface area contributed by atoms with Crippen LogP contribution in [0.15, 0.2) is 18.2 Å². The summed E-state index contributed by atoms with van der Waals surface area (Å²) in [6.45, 7) is 1.60. The fourth-order valence-electron chi connectivity index (χ4n) is 1.82. The molecular weight excluding hydrogens is 282 g/mol. The van der Waals surface area contributed by atoms with E-state index in [0.29, 0.717) is 11.3 Å². The van der Waals surface area contributed by atoms with Crippen molar-refractivity contribution in [2.45, 2.75) is 25.1 Å². The fraction of sp³-hybridized carbons (Fsp3) is 0.462. The summed E-state index contributed by atoms with van der Waals surface area (Å²) in [4.78, 5) is 11.2. The van der Waals surface area contributed by atoms with Crippen molar-refractivity contribution in [3.05, 3.63) is 23.8 Å². The molecule has 0 bridgehead atoms. The van der Waals surface area contributed by atoms with Crippen LogP contribution in [0, 0.1) is 0 Å². The van der Waals surface area contributed by atoms with Crippen molar-refractivity contribution in [2.24, 2.45) is 0 Å². The third-order valence-electron chi connectivity index (χ3n) is 2.95. The molecule has 0 aromatic heterocycles. The summed E-state index contributed by atoms with van der Waals surface area (Å²) in [5.41, 5.74) is -1.77. The highest BCUT2D eigenvalue weighted by Crippen LogP contribution is 2.29. The maximum Gasteiger partial charge on any atom is 0.351 e. The predicted molar refractivity (Wildman–Crippen MR) is 76.9 cm³/mol. The third kappa shape index (κ3) is 4.03. The Morgan fingerprint density at radius 2 is 2.10 bits per heavy atom. The topological polar surface area (TPSA) is 110 Å². The van der Waals surface area contributed by atoms with E-state index in [4.69, 9.17) is 5.11 Å². The van der Waals surface area contributed by atoms with Crippen molar-refractivity contribution in [1.29, 1.82) is 0 Å². The number of hydrogen-bond acceptors (Lipinski definition) is 6. The predicted octanol–water partition coefficient (Wildman–Crippen LogP) is 1.27. The normalized spacial score (nSPS) is 15.6. The van der Waals surface area contributed by atoms with E-state index in [0.717, 1.165) is 0 Å². The quantitative estimate of drug-likeness (QED) is 0.381. The molecule has 0 radical (unpaired) electrons. The molecule has 2 atom stereocenters. The molecule has 0 heterocycles. The Balaban J connectivity index is 2.93. The van der Waals surface area contributed by atoms with E-state index in [1.54, 1.807) is 6.92 Å². The lowest BCUT2D eigenvalue weighted by Crippen LogP contribution is -2.53. The van der Waals surface area contributed by atoms with Crippen molar-refractivity contribution in [3.63, 3.8) is 0 Å². The number of rotatable bonds is 7. The Labute approximate surface area is 121 Å². The summed E-state index contributed by atoms with van der Waals surface area (Å²) in [6, 6.07) is 3.31. The summed E-state index contributed by atoms with van der Waals surface area (Å²) in [7, 11) is 0. The van der Waals surface area contributed by atoms with E-state index < -0.39 is 17.7 Å². The second kappa shape index (κ2) is 6.83. The molecule has 0 aliphatic carbocycles. The molecule has 2 unspecified atom stereocenters. The highest BCUT2D eigenvalue weighted by atomic mass is 32.2.